The molecule has 0 aromatic heterocycles. The van der Waals surface area contributed by atoms with Crippen LogP contribution in [0, 0.1) is 5.41 Å². The molecule has 2 aliphatic rings. The van der Waals surface area contributed by atoms with E-state index in [-0.39, 0.29) is 11.3 Å². The molecule has 2 aliphatic heterocycles. The number of nitrogens with zero attached hydrogens (tertiary/aromatic N) is 1. The fourth-order valence-electron chi connectivity index (χ4n) is 2.27. The second-order valence-electron chi connectivity index (χ2n) is 3.88. The molecule has 0 N–H and O–H groups in total. The number of likely N-dealkylation sites (tertiary alicyclic amines) is 1. The first-order valence-electron chi connectivity index (χ1n) is 4.77. The van der Waals surface area contributed by atoms with Gasteiger partial charge in [-0.2, -0.15) is 0 Å². The number of carbonyl (C=O) groups is 1. The summed E-state index contributed by atoms with van der Waals surface area (Å²) in [6.07, 6.45) is 1.65. The molecule has 1 amide bonds. The lowest BCUT2D eigenvalue weighted by molar-refractivity contribution is -0.135. The molecule has 1 atom stereocenters. The third-order valence-corrected chi connectivity index (χ3v) is 3.04. The summed E-state index contributed by atoms with van der Waals surface area (Å²) in [7, 11) is 0. The second kappa shape index (κ2) is 2.84. The van der Waals surface area contributed by atoms with E-state index < -0.39 is 0 Å². The van der Waals surface area contributed by atoms with Gasteiger partial charge in [0.05, 0.1) is 12.0 Å². The van der Waals surface area contributed by atoms with Crippen molar-refractivity contribution in [3.63, 3.8) is 0 Å². The number of hydrogen-bond donors (Lipinski definition) is 0. The highest BCUT2D eigenvalue weighted by Crippen LogP contribution is 2.43. The lowest BCUT2D eigenvalue weighted by atomic mass is 9.85. The lowest BCUT2D eigenvalue weighted by Crippen LogP contribution is -2.34. The predicted octanol–water partition coefficient (Wildman–Crippen LogP) is 1.16. The maximum absolute atomic E-state index is 12.0. The van der Waals surface area contributed by atoms with Gasteiger partial charge in [-0.3, -0.25) is 4.79 Å². The molecule has 0 aromatic carbocycles. The zero-order valence-corrected chi connectivity index (χ0v) is 8.01. The molecule has 2 rings (SSSR count). The Morgan fingerprint density at radius 1 is 1.69 bits per heavy atom. The topological polar surface area (TPSA) is 29.5 Å². The average molecular weight is 181 g/mol. The fraction of sp³-hybridized carbons (Fsp3) is 0.700. The Bertz CT molecular complexity index is 254. The first-order chi connectivity index (χ1) is 6.19. The quantitative estimate of drug-likeness (QED) is 0.607. The standard InChI is InChI=1S/C10H15NO2/c1-3-11-8(2)6-10(9(11)12)4-5-13-7-10/h2-7H2,1H3. The van der Waals surface area contributed by atoms with Gasteiger partial charge in [0.25, 0.3) is 0 Å². The van der Waals surface area contributed by atoms with Crippen LogP contribution in [-0.2, 0) is 9.53 Å². The maximum Gasteiger partial charge on any atom is 0.235 e. The molecule has 0 aliphatic carbocycles. The molecule has 3 nitrogen and oxygen atoms in total. The first kappa shape index (κ1) is 8.75. The van der Waals surface area contributed by atoms with Gasteiger partial charge in [0.2, 0.25) is 5.91 Å². The molecule has 0 aromatic rings. The van der Waals surface area contributed by atoms with Gasteiger partial charge in [-0.15, -0.1) is 0 Å². The van der Waals surface area contributed by atoms with Crippen molar-refractivity contribution in [1.82, 2.24) is 4.90 Å². The van der Waals surface area contributed by atoms with Gasteiger partial charge in [-0.25, -0.2) is 0 Å². The van der Waals surface area contributed by atoms with Crippen LogP contribution in [0.1, 0.15) is 19.8 Å². The van der Waals surface area contributed by atoms with E-state index in [9.17, 15) is 4.79 Å². The Morgan fingerprint density at radius 2 is 2.46 bits per heavy atom. The molecular weight excluding hydrogens is 166 g/mol. The lowest BCUT2D eigenvalue weighted by Gasteiger charge is -2.19. The van der Waals surface area contributed by atoms with Crippen molar-refractivity contribution in [2.75, 3.05) is 19.8 Å². The molecule has 0 saturated carbocycles. The van der Waals surface area contributed by atoms with E-state index in [4.69, 9.17) is 4.74 Å². The van der Waals surface area contributed by atoms with E-state index in [0.29, 0.717) is 6.61 Å². The number of hydrogen-bond acceptors (Lipinski definition) is 2. The molecule has 0 bridgehead atoms. The van der Waals surface area contributed by atoms with Gasteiger partial charge >= 0.3 is 0 Å². The average Bonchev–Trinajstić information content (AvgIpc) is 2.62. The van der Waals surface area contributed by atoms with Crippen molar-refractivity contribution < 1.29 is 9.53 Å². The highest BCUT2D eigenvalue weighted by Gasteiger charge is 2.50. The van der Waals surface area contributed by atoms with E-state index in [1.54, 1.807) is 4.90 Å². The van der Waals surface area contributed by atoms with Gasteiger partial charge in [0.15, 0.2) is 0 Å². The number of carbonyl (C=O) groups excluding carboxylic acids is 1. The zero-order valence-electron chi connectivity index (χ0n) is 8.01. The van der Waals surface area contributed by atoms with Crippen LogP contribution >= 0.6 is 0 Å². The van der Waals surface area contributed by atoms with Crippen LogP contribution in [0.5, 0.6) is 0 Å². The van der Waals surface area contributed by atoms with Gasteiger partial charge in [-0.1, -0.05) is 6.58 Å². The van der Waals surface area contributed by atoms with Gasteiger partial charge in [0.1, 0.15) is 0 Å². The Balaban J connectivity index is 2.25. The Labute approximate surface area is 78.4 Å². The van der Waals surface area contributed by atoms with Crippen molar-refractivity contribution >= 4 is 5.91 Å². The van der Waals surface area contributed by atoms with Crippen molar-refractivity contribution in [3.05, 3.63) is 12.3 Å². The monoisotopic (exact) mass is 181 g/mol. The summed E-state index contributed by atoms with van der Waals surface area (Å²) in [5.41, 5.74) is 0.714. The van der Waals surface area contributed by atoms with Gasteiger partial charge < -0.3 is 9.64 Å². The van der Waals surface area contributed by atoms with Crippen molar-refractivity contribution in [1.29, 1.82) is 0 Å². The summed E-state index contributed by atoms with van der Waals surface area (Å²) >= 11 is 0. The van der Waals surface area contributed by atoms with E-state index in [1.165, 1.54) is 0 Å². The largest absolute Gasteiger partial charge is 0.380 e. The van der Waals surface area contributed by atoms with Crippen molar-refractivity contribution in [3.8, 4) is 0 Å². The van der Waals surface area contributed by atoms with Crippen LogP contribution < -0.4 is 0 Å². The molecule has 2 heterocycles. The minimum atomic E-state index is -0.243. The van der Waals surface area contributed by atoms with Gasteiger partial charge in [0, 0.05) is 25.3 Å². The summed E-state index contributed by atoms with van der Waals surface area (Å²) in [6, 6.07) is 0. The minimum absolute atomic E-state index is 0.220. The zero-order chi connectivity index (χ0) is 9.47. The third-order valence-electron chi connectivity index (χ3n) is 3.04. The summed E-state index contributed by atoms with van der Waals surface area (Å²) in [6.45, 7) is 7.95. The van der Waals surface area contributed by atoms with Crippen LogP contribution in [0.4, 0.5) is 0 Å². The fourth-order valence-corrected chi connectivity index (χ4v) is 2.27. The van der Waals surface area contributed by atoms with Crippen LogP contribution in [0.15, 0.2) is 12.3 Å². The Morgan fingerprint density at radius 3 is 2.92 bits per heavy atom. The van der Waals surface area contributed by atoms with Gasteiger partial charge in [-0.05, 0) is 13.3 Å². The summed E-state index contributed by atoms with van der Waals surface area (Å²) in [4.78, 5) is 13.7. The normalized spacial score (nSPS) is 33.8. The molecule has 1 unspecified atom stereocenters. The van der Waals surface area contributed by atoms with Crippen molar-refractivity contribution in [2.24, 2.45) is 5.41 Å². The van der Waals surface area contributed by atoms with Crippen LogP contribution in [0.25, 0.3) is 0 Å². The molecule has 1 spiro atoms. The van der Waals surface area contributed by atoms with E-state index in [0.717, 1.165) is 31.7 Å². The number of allylic oxidation sites excluding steroid dienone is 1. The van der Waals surface area contributed by atoms with E-state index in [1.807, 2.05) is 6.92 Å². The Kier molecular flexibility index (Phi) is 1.91. The summed E-state index contributed by atoms with van der Waals surface area (Å²) in [5, 5.41) is 0. The molecule has 2 fully saturated rings. The summed E-state index contributed by atoms with van der Waals surface area (Å²) in [5.74, 6) is 0.220. The van der Waals surface area contributed by atoms with Crippen molar-refractivity contribution in [2.45, 2.75) is 19.8 Å². The van der Waals surface area contributed by atoms with E-state index in [2.05, 4.69) is 6.58 Å². The highest BCUT2D eigenvalue weighted by atomic mass is 16.5. The predicted molar refractivity (Wildman–Crippen MR) is 49.0 cm³/mol. The number of ether oxygens (including phenoxy) is 1. The molecule has 2 saturated heterocycles. The minimum Gasteiger partial charge on any atom is -0.380 e. The molecule has 13 heavy (non-hydrogen) atoms. The van der Waals surface area contributed by atoms with Crippen LogP contribution in [0.3, 0.4) is 0 Å². The van der Waals surface area contributed by atoms with Crippen LogP contribution in [0.2, 0.25) is 0 Å². The molecule has 0 radical (unpaired) electrons. The van der Waals surface area contributed by atoms with Crippen LogP contribution in [-0.4, -0.2) is 30.6 Å². The second-order valence-corrected chi connectivity index (χ2v) is 3.88. The number of rotatable bonds is 1. The Hall–Kier alpha value is -0.830. The molecular formula is C10H15NO2. The highest BCUT2D eigenvalue weighted by molar-refractivity contribution is 5.88. The molecule has 72 valence electrons. The third kappa shape index (κ3) is 1.10. The maximum atomic E-state index is 12.0. The van der Waals surface area contributed by atoms with E-state index >= 15 is 0 Å². The molecule has 3 heteroatoms. The SMILES string of the molecule is C=C1CC2(CCOC2)C(=O)N1CC. The first-order valence-corrected chi connectivity index (χ1v) is 4.77. The summed E-state index contributed by atoms with van der Waals surface area (Å²) < 4.78 is 5.31. The smallest absolute Gasteiger partial charge is 0.235 e. The number of amides is 1.